The van der Waals surface area contributed by atoms with E-state index in [0.717, 1.165) is 16.0 Å². The van der Waals surface area contributed by atoms with Crippen LogP contribution in [-0.4, -0.2) is 16.0 Å². The molecule has 2 N–H and O–H groups in total. The van der Waals surface area contributed by atoms with Gasteiger partial charge in [0.25, 0.3) is 0 Å². The Bertz CT molecular complexity index is 1220. The average molecular weight is 452 g/mol. The molecule has 3 heterocycles. The fourth-order valence-corrected chi connectivity index (χ4v) is 4.44. The summed E-state index contributed by atoms with van der Waals surface area (Å²) in [4.78, 5) is 0.399. The molecule has 0 spiro atoms. The predicted molar refractivity (Wildman–Crippen MR) is 102 cm³/mol. The maximum Gasteiger partial charge on any atom is 0.459 e. The van der Waals surface area contributed by atoms with Crippen LogP contribution in [0.5, 0.6) is 5.88 Å². The lowest BCUT2D eigenvalue weighted by molar-refractivity contribution is -0.291. The number of halogens is 5. The number of fused-ring (bicyclic) bond motifs is 1. The molecular weight excluding hydrogens is 439 g/mol. The highest BCUT2D eigenvalue weighted by molar-refractivity contribution is 7.10. The molecule has 160 valence electrons. The Balaban J connectivity index is 2.10. The minimum absolute atomic E-state index is 0.192. The van der Waals surface area contributed by atoms with Crippen LogP contribution in [0.4, 0.5) is 22.0 Å². The van der Waals surface area contributed by atoms with Crippen LogP contribution in [0.2, 0.25) is 0 Å². The zero-order chi connectivity index (χ0) is 22.6. The maximum absolute atomic E-state index is 14.6. The number of para-hydroxylation sites is 1. The number of benzene rings is 1. The highest BCUT2D eigenvalue weighted by Crippen LogP contribution is 2.53. The van der Waals surface area contributed by atoms with Gasteiger partial charge in [-0.05, 0) is 36.1 Å². The van der Waals surface area contributed by atoms with Gasteiger partial charge in [0.05, 0.1) is 17.2 Å². The lowest BCUT2D eigenvalue weighted by Gasteiger charge is -2.26. The number of nitrogens with two attached hydrogens (primary N) is 1. The summed E-state index contributed by atoms with van der Waals surface area (Å²) in [5.74, 6) is -7.35. The largest absolute Gasteiger partial charge is 0.459 e. The molecule has 0 radical (unpaired) electrons. The van der Waals surface area contributed by atoms with E-state index in [4.69, 9.17) is 10.5 Å². The third-order valence-corrected chi connectivity index (χ3v) is 5.95. The number of alkyl halides is 5. The summed E-state index contributed by atoms with van der Waals surface area (Å²) in [5.41, 5.74) is 4.36. The second-order valence-corrected chi connectivity index (χ2v) is 7.73. The Kier molecular flexibility index (Phi) is 4.77. The third-order valence-electron chi connectivity index (χ3n) is 4.87. The molecule has 11 heteroatoms. The zero-order valence-corrected chi connectivity index (χ0v) is 16.6. The Morgan fingerprint density at radius 1 is 1.16 bits per heavy atom. The van der Waals surface area contributed by atoms with Crippen molar-refractivity contribution in [2.24, 2.45) is 5.73 Å². The van der Waals surface area contributed by atoms with Gasteiger partial charge in [0.1, 0.15) is 17.3 Å². The van der Waals surface area contributed by atoms with Gasteiger partial charge in [0, 0.05) is 4.88 Å². The zero-order valence-electron chi connectivity index (χ0n) is 15.7. The van der Waals surface area contributed by atoms with Crippen molar-refractivity contribution in [3.8, 4) is 17.6 Å². The van der Waals surface area contributed by atoms with Crippen LogP contribution in [-0.2, 0) is 5.92 Å². The van der Waals surface area contributed by atoms with Crippen molar-refractivity contribution in [2.75, 3.05) is 0 Å². The first-order valence-electron chi connectivity index (χ1n) is 8.82. The first kappa shape index (κ1) is 20.9. The van der Waals surface area contributed by atoms with Crippen LogP contribution in [0.25, 0.3) is 5.69 Å². The molecule has 0 amide bonds. The number of aryl methyl sites for hydroxylation is 1. The summed E-state index contributed by atoms with van der Waals surface area (Å²) in [6.07, 6.45) is -5.91. The second-order valence-electron chi connectivity index (χ2n) is 6.78. The van der Waals surface area contributed by atoms with Crippen molar-refractivity contribution in [3.05, 3.63) is 74.9 Å². The van der Waals surface area contributed by atoms with Gasteiger partial charge in [0.2, 0.25) is 11.8 Å². The third kappa shape index (κ3) is 3.14. The van der Waals surface area contributed by atoms with Gasteiger partial charge in [-0.15, -0.1) is 11.3 Å². The van der Waals surface area contributed by atoms with Gasteiger partial charge >= 0.3 is 12.1 Å². The number of hydrogen-bond donors (Lipinski definition) is 1. The van der Waals surface area contributed by atoms with E-state index < -0.39 is 29.3 Å². The van der Waals surface area contributed by atoms with Gasteiger partial charge in [-0.25, -0.2) is 0 Å². The molecular formula is C20H13F5N4OS. The van der Waals surface area contributed by atoms with Crippen LogP contribution in [0, 0.1) is 18.3 Å². The molecule has 1 aliphatic rings. The molecule has 1 atom stereocenters. The van der Waals surface area contributed by atoms with E-state index in [1.54, 1.807) is 42.6 Å². The molecule has 5 nitrogen and oxygen atoms in total. The summed E-state index contributed by atoms with van der Waals surface area (Å²) >= 11 is 1.11. The smallest absolute Gasteiger partial charge is 0.422 e. The fourth-order valence-electron chi connectivity index (χ4n) is 3.39. The first-order valence-corrected chi connectivity index (χ1v) is 9.70. The lowest BCUT2D eigenvalue weighted by atomic mass is 9.86. The van der Waals surface area contributed by atoms with Crippen LogP contribution in [0.3, 0.4) is 0 Å². The van der Waals surface area contributed by atoms with E-state index in [2.05, 4.69) is 5.10 Å². The number of thiophene rings is 1. The summed E-state index contributed by atoms with van der Waals surface area (Å²) in [5, 5.41) is 14.9. The van der Waals surface area contributed by atoms with Gasteiger partial charge in [-0.3, -0.25) is 0 Å². The van der Waals surface area contributed by atoms with Gasteiger partial charge < -0.3 is 10.5 Å². The highest BCUT2D eigenvalue weighted by atomic mass is 32.1. The van der Waals surface area contributed by atoms with E-state index in [0.29, 0.717) is 10.4 Å². The summed E-state index contributed by atoms with van der Waals surface area (Å²) in [7, 11) is 0. The minimum Gasteiger partial charge on any atom is -0.422 e. The molecule has 4 rings (SSSR count). The number of aromatic nitrogens is 2. The minimum atomic E-state index is -5.91. The number of hydrogen-bond acceptors (Lipinski definition) is 5. The molecule has 1 aliphatic heterocycles. The SMILES string of the molecule is Cc1ccsc1C1C(C#N)=C(N)Oc2c1c(C(F)(F)C(F)(F)F)nn2-c1ccccc1. The molecule has 0 saturated heterocycles. The van der Waals surface area contributed by atoms with Crippen molar-refractivity contribution in [2.45, 2.75) is 24.9 Å². The summed E-state index contributed by atoms with van der Waals surface area (Å²) in [6.45, 7) is 1.66. The molecule has 31 heavy (non-hydrogen) atoms. The highest BCUT2D eigenvalue weighted by Gasteiger charge is 2.63. The molecule has 0 saturated carbocycles. The van der Waals surface area contributed by atoms with Crippen molar-refractivity contribution in [1.29, 1.82) is 5.26 Å². The van der Waals surface area contributed by atoms with Crippen LogP contribution in [0.15, 0.2) is 53.2 Å². The molecule has 0 bridgehead atoms. The molecule has 0 aliphatic carbocycles. The Labute approximate surface area is 176 Å². The summed E-state index contributed by atoms with van der Waals surface area (Å²) < 4.78 is 75.6. The number of rotatable bonds is 3. The Morgan fingerprint density at radius 3 is 2.39 bits per heavy atom. The van der Waals surface area contributed by atoms with E-state index in [-0.39, 0.29) is 23.0 Å². The molecule has 0 fully saturated rings. The Hall–Kier alpha value is -3.39. The van der Waals surface area contributed by atoms with E-state index in [9.17, 15) is 27.2 Å². The normalized spacial score (nSPS) is 16.6. The van der Waals surface area contributed by atoms with E-state index in [1.165, 1.54) is 12.1 Å². The number of nitriles is 1. The van der Waals surface area contributed by atoms with Crippen molar-refractivity contribution >= 4 is 11.3 Å². The quantitative estimate of drug-likeness (QED) is 0.560. The maximum atomic E-state index is 14.6. The first-order chi connectivity index (χ1) is 14.6. The predicted octanol–water partition coefficient (Wildman–Crippen LogP) is 5.11. The fraction of sp³-hybridized carbons (Fsp3) is 0.200. The molecule has 2 aromatic heterocycles. The van der Waals surface area contributed by atoms with Gasteiger partial charge in [-0.1, -0.05) is 18.2 Å². The topological polar surface area (TPSA) is 76.9 Å². The van der Waals surface area contributed by atoms with E-state index >= 15 is 0 Å². The van der Waals surface area contributed by atoms with Crippen LogP contribution >= 0.6 is 11.3 Å². The van der Waals surface area contributed by atoms with Crippen molar-refractivity contribution in [1.82, 2.24) is 9.78 Å². The van der Waals surface area contributed by atoms with Crippen molar-refractivity contribution < 1.29 is 26.7 Å². The van der Waals surface area contributed by atoms with Crippen molar-refractivity contribution in [3.63, 3.8) is 0 Å². The average Bonchev–Trinajstić information content (AvgIpc) is 3.30. The van der Waals surface area contributed by atoms with Gasteiger partial charge in [-0.2, -0.15) is 37.0 Å². The molecule has 1 aromatic carbocycles. The number of ether oxygens (including phenoxy) is 1. The second kappa shape index (κ2) is 7.09. The van der Waals surface area contributed by atoms with Crippen LogP contribution in [0.1, 0.15) is 27.6 Å². The lowest BCUT2D eigenvalue weighted by Crippen LogP contribution is -2.36. The van der Waals surface area contributed by atoms with Gasteiger partial charge in [0.15, 0.2) is 0 Å². The number of nitrogens with zero attached hydrogens (tertiary/aromatic N) is 3. The Morgan fingerprint density at radius 2 is 1.84 bits per heavy atom. The monoisotopic (exact) mass is 452 g/mol. The molecule has 3 aromatic rings. The number of allylic oxidation sites excluding steroid dienone is 1. The van der Waals surface area contributed by atoms with E-state index in [1.807, 2.05) is 0 Å². The molecule has 1 unspecified atom stereocenters. The van der Waals surface area contributed by atoms with Crippen LogP contribution < -0.4 is 10.5 Å². The standard InChI is InChI=1S/C20H13F5N4OS/c1-10-7-8-31-15(10)13-12(9-26)17(27)30-18-14(13)16(19(21,22)20(23,24)25)28-29(18)11-5-3-2-4-6-11/h2-8,13H,27H2,1H3. The summed E-state index contributed by atoms with van der Waals surface area (Å²) in [6, 6.07) is 11.2.